The van der Waals surface area contributed by atoms with Gasteiger partial charge < -0.3 is 10.2 Å². The lowest BCUT2D eigenvalue weighted by Crippen LogP contribution is -2.56. The highest BCUT2D eigenvalue weighted by Gasteiger charge is 2.34. The highest BCUT2D eigenvalue weighted by molar-refractivity contribution is 6.31. The summed E-state index contributed by atoms with van der Waals surface area (Å²) in [5, 5.41) is 4.24. The third-order valence-corrected chi connectivity index (χ3v) is 7.89. The molecule has 2 unspecified atom stereocenters. The van der Waals surface area contributed by atoms with Gasteiger partial charge in [0.2, 0.25) is 5.91 Å². The van der Waals surface area contributed by atoms with Gasteiger partial charge in [0.05, 0.1) is 11.9 Å². The smallest absolute Gasteiger partial charge is 0.224 e. The molecule has 2 aliphatic carbocycles. The Hall–Kier alpha value is -2.37. The quantitative estimate of drug-likeness (QED) is 0.643. The van der Waals surface area contributed by atoms with Crippen molar-refractivity contribution in [3.63, 3.8) is 0 Å². The highest BCUT2D eigenvalue weighted by atomic mass is 35.5. The maximum atomic E-state index is 13.3. The summed E-state index contributed by atoms with van der Waals surface area (Å²) in [5.74, 6) is 0.239. The van der Waals surface area contributed by atoms with Crippen molar-refractivity contribution in [1.82, 2.24) is 10.2 Å². The SMILES string of the molecule is CCCC(NC(=O)C1CCC2=NC3=CC=CC3=C2C1)N1CCN(c2cccc(Cl)c2C)CC1. The van der Waals surface area contributed by atoms with E-state index < -0.39 is 0 Å². The molecule has 2 fully saturated rings. The Labute approximate surface area is 201 Å². The molecule has 0 spiro atoms. The molecule has 4 aliphatic rings. The molecule has 5 rings (SSSR count). The number of aliphatic imine (C=N–C) groups is 1. The fraction of sp³-hybridized carbons (Fsp3) is 0.481. The number of halogens is 1. The standard InChI is InChI=1S/C27H33ClN4O/c1-3-6-26(32-15-13-31(14-16-32)25-10-5-8-22(28)18(25)2)30-27(33)19-11-12-24-21(17-19)20-7-4-9-23(20)29-24/h4-5,7-10,19,26H,3,6,11-17H2,1-2H3,(H,30,33). The molecule has 1 amide bonds. The fourth-order valence-corrected chi connectivity index (χ4v) is 5.73. The van der Waals surface area contributed by atoms with Crippen LogP contribution in [0.25, 0.3) is 0 Å². The first-order valence-corrected chi connectivity index (χ1v) is 12.7. The number of benzene rings is 1. The molecule has 2 atom stereocenters. The summed E-state index contributed by atoms with van der Waals surface area (Å²) in [5.41, 5.74) is 7.17. The molecule has 0 bridgehead atoms. The van der Waals surface area contributed by atoms with Crippen LogP contribution in [0.3, 0.4) is 0 Å². The summed E-state index contributed by atoms with van der Waals surface area (Å²) in [4.78, 5) is 22.9. The zero-order valence-corrected chi connectivity index (χ0v) is 20.4. The molecule has 1 N–H and O–H groups in total. The summed E-state index contributed by atoms with van der Waals surface area (Å²) >= 11 is 6.35. The van der Waals surface area contributed by atoms with Crippen LogP contribution in [0.4, 0.5) is 5.69 Å². The number of piperazine rings is 1. The minimum absolute atomic E-state index is 0.0366. The van der Waals surface area contributed by atoms with E-state index in [1.807, 2.05) is 12.1 Å². The predicted molar refractivity (Wildman–Crippen MR) is 136 cm³/mol. The summed E-state index contributed by atoms with van der Waals surface area (Å²) in [7, 11) is 0. The number of carbonyl (C=O) groups is 1. The Bertz CT molecular complexity index is 1060. The molecule has 1 aromatic carbocycles. The topological polar surface area (TPSA) is 47.9 Å². The van der Waals surface area contributed by atoms with Crippen molar-refractivity contribution in [3.05, 3.63) is 63.9 Å². The van der Waals surface area contributed by atoms with Crippen LogP contribution < -0.4 is 10.2 Å². The van der Waals surface area contributed by atoms with Gasteiger partial charge in [-0.1, -0.05) is 43.2 Å². The van der Waals surface area contributed by atoms with E-state index in [0.29, 0.717) is 0 Å². The van der Waals surface area contributed by atoms with E-state index in [-0.39, 0.29) is 18.0 Å². The normalized spacial score (nSPS) is 23.2. The molecule has 0 radical (unpaired) electrons. The molecule has 174 valence electrons. The lowest BCUT2D eigenvalue weighted by Gasteiger charge is -2.41. The van der Waals surface area contributed by atoms with Crippen LogP contribution in [0.2, 0.25) is 5.02 Å². The molecule has 6 heteroatoms. The Morgan fingerprint density at radius 2 is 2.09 bits per heavy atom. The van der Waals surface area contributed by atoms with Gasteiger partial charge in [-0.2, -0.15) is 0 Å². The Morgan fingerprint density at radius 3 is 2.88 bits per heavy atom. The van der Waals surface area contributed by atoms with Crippen molar-refractivity contribution in [1.29, 1.82) is 0 Å². The number of nitrogens with one attached hydrogen (secondary N) is 1. The van der Waals surface area contributed by atoms with Crippen molar-refractivity contribution < 1.29 is 4.79 Å². The number of allylic oxidation sites excluding steroid dienone is 4. The van der Waals surface area contributed by atoms with Crippen LogP contribution in [0.15, 0.2) is 58.3 Å². The maximum Gasteiger partial charge on any atom is 0.224 e. The molecule has 2 heterocycles. The van der Waals surface area contributed by atoms with E-state index in [2.05, 4.69) is 53.3 Å². The largest absolute Gasteiger partial charge is 0.369 e. The van der Waals surface area contributed by atoms with Crippen LogP contribution in [-0.4, -0.2) is 48.9 Å². The minimum atomic E-state index is 0.0366. The third-order valence-electron chi connectivity index (χ3n) is 7.48. The van der Waals surface area contributed by atoms with Crippen LogP contribution in [0, 0.1) is 12.8 Å². The van der Waals surface area contributed by atoms with Crippen molar-refractivity contribution in [2.75, 3.05) is 31.1 Å². The predicted octanol–water partition coefficient (Wildman–Crippen LogP) is 5.02. The molecule has 0 aromatic heterocycles. The number of anilines is 1. The number of carbonyl (C=O) groups excluding carboxylic acids is 1. The molecule has 1 saturated heterocycles. The molecule has 1 aromatic rings. The summed E-state index contributed by atoms with van der Waals surface area (Å²) in [6, 6.07) is 6.13. The second kappa shape index (κ2) is 9.47. The number of fused-ring (bicyclic) bond motifs is 2. The van der Waals surface area contributed by atoms with Gasteiger partial charge in [0.15, 0.2) is 0 Å². The number of hydrogen-bond donors (Lipinski definition) is 1. The van der Waals surface area contributed by atoms with Crippen molar-refractivity contribution in [2.45, 2.75) is 52.1 Å². The molecule has 5 nitrogen and oxygen atoms in total. The molecular weight excluding hydrogens is 432 g/mol. The molecule has 1 saturated carbocycles. The first-order chi connectivity index (χ1) is 16.0. The average molecular weight is 465 g/mol. The number of hydrogen-bond acceptors (Lipinski definition) is 4. The van der Waals surface area contributed by atoms with E-state index in [1.54, 1.807) is 0 Å². The van der Waals surface area contributed by atoms with Gasteiger partial charge in [0.25, 0.3) is 0 Å². The maximum absolute atomic E-state index is 13.3. The van der Waals surface area contributed by atoms with E-state index in [4.69, 9.17) is 16.6 Å². The van der Waals surface area contributed by atoms with Crippen LogP contribution in [0.5, 0.6) is 0 Å². The first kappa shape index (κ1) is 22.4. The highest BCUT2D eigenvalue weighted by Crippen LogP contribution is 2.39. The van der Waals surface area contributed by atoms with Gasteiger partial charge in [-0.15, -0.1) is 0 Å². The zero-order chi connectivity index (χ0) is 22.9. The van der Waals surface area contributed by atoms with Crippen molar-refractivity contribution in [3.8, 4) is 0 Å². The average Bonchev–Trinajstić information content (AvgIpc) is 3.42. The Kier molecular flexibility index (Phi) is 6.44. The lowest BCUT2D eigenvalue weighted by molar-refractivity contribution is -0.127. The second-order valence-corrected chi connectivity index (χ2v) is 9.93. The van der Waals surface area contributed by atoms with Gasteiger partial charge in [-0.3, -0.25) is 14.7 Å². The van der Waals surface area contributed by atoms with E-state index in [0.717, 1.165) is 74.6 Å². The summed E-state index contributed by atoms with van der Waals surface area (Å²) in [6.45, 7) is 8.04. The van der Waals surface area contributed by atoms with Gasteiger partial charge in [0.1, 0.15) is 0 Å². The van der Waals surface area contributed by atoms with E-state index >= 15 is 0 Å². The second-order valence-electron chi connectivity index (χ2n) is 9.52. The van der Waals surface area contributed by atoms with E-state index in [9.17, 15) is 4.79 Å². The molecule has 33 heavy (non-hydrogen) atoms. The Morgan fingerprint density at radius 1 is 1.27 bits per heavy atom. The minimum Gasteiger partial charge on any atom is -0.369 e. The number of amides is 1. The Balaban J connectivity index is 1.21. The monoisotopic (exact) mass is 464 g/mol. The van der Waals surface area contributed by atoms with Gasteiger partial charge in [-0.25, -0.2) is 0 Å². The third kappa shape index (κ3) is 4.41. The fourth-order valence-electron chi connectivity index (χ4n) is 5.56. The molecular formula is C27H33ClN4O. The molecule has 2 aliphatic heterocycles. The number of nitrogens with zero attached hydrogens (tertiary/aromatic N) is 3. The van der Waals surface area contributed by atoms with Crippen molar-refractivity contribution in [2.24, 2.45) is 10.9 Å². The van der Waals surface area contributed by atoms with Crippen LogP contribution >= 0.6 is 11.6 Å². The van der Waals surface area contributed by atoms with Gasteiger partial charge >= 0.3 is 0 Å². The van der Waals surface area contributed by atoms with Crippen LogP contribution in [-0.2, 0) is 4.79 Å². The summed E-state index contributed by atoms with van der Waals surface area (Å²) in [6.07, 6.45) is 11.0. The summed E-state index contributed by atoms with van der Waals surface area (Å²) < 4.78 is 0. The van der Waals surface area contributed by atoms with Gasteiger partial charge in [-0.05, 0) is 62.0 Å². The van der Waals surface area contributed by atoms with Gasteiger partial charge in [0, 0.05) is 54.1 Å². The zero-order valence-electron chi connectivity index (χ0n) is 19.6. The van der Waals surface area contributed by atoms with Crippen molar-refractivity contribution >= 4 is 28.9 Å². The van der Waals surface area contributed by atoms with E-state index in [1.165, 1.54) is 22.5 Å². The number of rotatable bonds is 6. The van der Waals surface area contributed by atoms with Crippen LogP contribution in [0.1, 0.15) is 44.6 Å². The lowest BCUT2D eigenvalue weighted by atomic mass is 9.82. The first-order valence-electron chi connectivity index (χ1n) is 12.3.